The summed E-state index contributed by atoms with van der Waals surface area (Å²) in [4.78, 5) is 2.42. The van der Waals surface area contributed by atoms with Crippen molar-refractivity contribution in [3.05, 3.63) is 29.8 Å². The van der Waals surface area contributed by atoms with Crippen LogP contribution in [0.2, 0.25) is 0 Å². The van der Waals surface area contributed by atoms with E-state index >= 15 is 0 Å². The number of hydrogen-bond donors (Lipinski definition) is 2. The van der Waals surface area contributed by atoms with Gasteiger partial charge in [-0.3, -0.25) is 16.2 Å². The SMILES string of the molecule is CCOc1ccccc1C(NN)C(C)(C)N1CCOCC1. The van der Waals surface area contributed by atoms with Crippen LogP contribution in [-0.2, 0) is 4.74 Å². The van der Waals surface area contributed by atoms with Crippen LogP contribution < -0.4 is 16.0 Å². The zero-order chi connectivity index (χ0) is 15.3. The lowest BCUT2D eigenvalue weighted by molar-refractivity contribution is -0.0241. The molecule has 5 heteroatoms. The lowest BCUT2D eigenvalue weighted by Crippen LogP contribution is -2.57. The maximum Gasteiger partial charge on any atom is 0.124 e. The first kappa shape index (κ1) is 16.2. The molecule has 118 valence electrons. The Kier molecular flexibility index (Phi) is 5.58. The molecule has 1 aliphatic heterocycles. The van der Waals surface area contributed by atoms with Crippen LogP contribution in [0, 0.1) is 0 Å². The Morgan fingerprint density at radius 3 is 2.62 bits per heavy atom. The molecule has 1 aliphatic rings. The highest BCUT2D eigenvalue weighted by atomic mass is 16.5. The van der Waals surface area contributed by atoms with E-state index in [1.807, 2.05) is 25.1 Å². The van der Waals surface area contributed by atoms with Crippen molar-refractivity contribution in [1.29, 1.82) is 0 Å². The third kappa shape index (κ3) is 3.55. The van der Waals surface area contributed by atoms with E-state index in [1.54, 1.807) is 0 Å². The number of hydrogen-bond acceptors (Lipinski definition) is 5. The van der Waals surface area contributed by atoms with Crippen molar-refractivity contribution in [2.75, 3.05) is 32.9 Å². The van der Waals surface area contributed by atoms with Gasteiger partial charge < -0.3 is 9.47 Å². The van der Waals surface area contributed by atoms with Gasteiger partial charge in [0.2, 0.25) is 0 Å². The summed E-state index contributed by atoms with van der Waals surface area (Å²) in [5.74, 6) is 6.79. The maximum atomic E-state index is 5.90. The first-order valence-corrected chi connectivity index (χ1v) is 7.62. The maximum absolute atomic E-state index is 5.90. The molecule has 1 fully saturated rings. The number of rotatable bonds is 6. The van der Waals surface area contributed by atoms with Gasteiger partial charge in [0, 0.05) is 24.2 Å². The average molecular weight is 293 g/mol. The molecule has 21 heavy (non-hydrogen) atoms. The van der Waals surface area contributed by atoms with Crippen LogP contribution in [0.1, 0.15) is 32.4 Å². The number of para-hydroxylation sites is 1. The van der Waals surface area contributed by atoms with Gasteiger partial charge in [0.1, 0.15) is 5.75 Å². The molecule has 1 heterocycles. The Labute approximate surface area is 127 Å². The molecule has 0 aromatic heterocycles. The Hall–Kier alpha value is -1.14. The summed E-state index contributed by atoms with van der Waals surface area (Å²) in [6, 6.07) is 8.08. The molecule has 3 N–H and O–H groups in total. The van der Waals surface area contributed by atoms with Gasteiger partial charge in [0.25, 0.3) is 0 Å². The molecule has 0 spiro atoms. The molecule has 1 aromatic carbocycles. The normalized spacial score (nSPS) is 18.5. The molecule has 1 saturated heterocycles. The molecule has 0 bridgehead atoms. The molecule has 1 aromatic rings. The fraction of sp³-hybridized carbons (Fsp3) is 0.625. The van der Waals surface area contributed by atoms with Gasteiger partial charge in [0.15, 0.2) is 0 Å². The van der Waals surface area contributed by atoms with E-state index in [4.69, 9.17) is 15.3 Å². The quantitative estimate of drug-likeness (QED) is 0.617. The minimum absolute atomic E-state index is 0.0154. The molecule has 0 saturated carbocycles. The first-order chi connectivity index (χ1) is 10.1. The van der Waals surface area contributed by atoms with E-state index in [-0.39, 0.29) is 11.6 Å². The van der Waals surface area contributed by atoms with Crippen molar-refractivity contribution in [3.63, 3.8) is 0 Å². The van der Waals surface area contributed by atoms with Crippen LogP contribution in [0.4, 0.5) is 0 Å². The number of nitrogens with one attached hydrogen (secondary N) is 1. The minimum atomic E-state index is -0.133. The molecule has 5 nitrogen and oxygen atoms in total. The predicted octanol–water partition coefficient (Wildman–Crippen LogP) is 1.70. The third-order valence-electron chi connectivity index (χ3n) is 4.23. The van der Waals surface area contributed by atoms with Crippen LogP contribution in [0.15, 0.2) is 24.3 Å². The smallest absolute Gasteiger partial charge is 0.124 e. The highest BCUT2D eigenvalue weighted by molar-refractivity contribution is 5.37. The van der Waals surface area contributed by atoms with Gasteiger partial charge in [-0.15, -0.1) is 0 Å². The van der Waals surface area contributed by atoms with E-state index in [9.17, 15) is 0 Å². The Balaban J connectivity index is 2.29. The standard InChI is InChI=1S/C16H27N3O2/c1-4-21-14-8-6-5-7-13(14)15(18-17)16(2,3)19-9-11-20-12-10-19/h5-8,15,18H,4,9-12,17H2,1-3H3. The summed E-state index contributed by atoms with van der Waals surface area (Å²) in [6.07, 6.45) is 0. The summed E-state index contributed by atoms with van der Waals surface area (Å²) < 4.78 is 11.2. The van der Waals surface area contributed by atoms with Gasteiger partial charge in [-0.1, -0.05) is 18.2 Å². The second-order valence-corrected chi connectivity index (χ2v) is 5.82. The van der Waals surface area contributed by atoms with Gasteiger partial charge in [-0.05, 0) is 26.8 Å². The fourth-order valence-corrected chi connectivity index (χ4v) is 3.00. The van der Waals surface area contributed by atoms with Crippen LogP contribution in [0.5, 0.6) is 5.75 Å². The second-order valence-electron chi connectivity index (χ2n) is 5.82. The monoisotopic (exact) mass is 293 g/mol. The molecule has 1 unspecified atom stereocenters. The van der Waals surface area contributed by atoms with E-state index in [0.717, 1.165) is 37.6 Å². The summed E-state index contributed by atoms with van der Waals surface area (Å²) in [6.45, 7) is 10.4. The molecule has 0 amide bonds. The molecule has 2 rings (SSSR count). The van der Waals surface area contributed by atoms with Crippen molar-refractivity contribution in [3.8, 4) is 5.75 Å². The average Bonchev–Trinajstić information content (AvgIpc) is 2.51. The number of benzene rings is 1. The minimum Gasteiger partial charge on any atom is -0.494 e. The van der Waals surface area contributed by atoms with Crippen molar-refractivity contribution in [2.45, 2.75) is 32.4 Å². The van der Waals surface area contributed by atoms with Crippen molar-refractivity contribution < 1.29 is 9.47 Å². The Morgan fingerprint density at radius 2 is 2.00 bits per heavy atom. The van der Waals surface area contributed by atoms with Crippen molar-refractivity contribution >= 4 is 0 Å². The Bertz CT molecular complexity index is 445. The molecule has 1 atom stereocenters. The van der Waals surface area contributed by atoms with Crippen LogP contribution >= 0.6 is 0 Å². The second kappa shape index (κ2) is 7.22. The Morgan fingerprint density at radius 1 is 1.33 bits per heavy atom. The van der Waals surface area contributed by atoms with E-state index in [0.29, 0.717) is 6.61 Å². The highest BCUT2D eigenvalue weighted by Crippen LogP contribution is 2.35. The van der Waals surface area contributed by atoms with Gasteiger partial charge in [-0.2, -0.15) is 0 Å². The van der Waals surface area contributed by atoms with E-state index in [1.165, 1.54) is 0 Å². The highest BCUT2D eigenvalue weighted by Gasteiger charge is 2.37. The number of hydrazine groups is 1. The summed E-state index contributed by atoms with van der Waals surface area (Å²) in [7, 11) is 0. The predicted molar refractivity (Wildman–Crippen MR) is 84.1 cm³/mol. The number of ether oxygens (including phenoxy) is 2. The van der Waals surface area contributed by atoms with Gasteiger partial charge >= 0.3 is 0 Å². The summed E-state index contributed by atoms with van der Waals surface area (Å²) >= 11 is 0. The molecule has 0 aliphatic carbocycles. The van der Waals surface area contributed by atoms with Crippen LogP contribution in [0.3, 0.4) is 0 Å². The first-order valence-electron chi connectivity index (χ1n) is 7.62. The van der Waals surface area contributed by atoms with Crippen molar-refractivity contribution in [1.82, 2.24) is 10.3 Å². The summed E-state index contributed by atoms with van der Waals surface area (Å²) in [5, 5.41) is 0. The number of nitrogens with two attached hydrogens (primary N) is 1. The zero-order valence-electron chi connectivity index (χ0n) is 13.3. The van der Waals surface area contributed by atoms with Crippen LogP contribution in [0.25, 0.3) is 0 Å². The van der Waals surface area contributed by atoms with E-state index in [2.05, 4.69) is 30.2 Å². The largest absolute Gasteiger partial charge is 0.494 e. The van der Waals surface area contributed by atoms with Gasteiger partial charge in [0.05, 0.1) is 25.9 Å². The van der Waals surface area contributed by atoms with Gasteiger partial charge in [-0.25, -0.2) is 0 Å². The zero-order valence-corrected chi connectivity index (χ0v) is 13.3. The van der Waals surface area contributed by atoms with Crippen LogP contribution in [-0.4, -0.2) is 43.3 Å². The van der Waals surface area contributed by atoms with E-state index < -0.39 is 0 Å². The molecular weight excluding hydrogens is 266 g/mol. The third-order valence-corrected chi connectivity index (χ3v) is 4.23. The fourth-order valence-electron chi connectivity index (χ4n) is 3.00. The lowest BCUT2D eigenvalue weighted by atomic mass is 9.86. The topological polar surface area (TPSA) is 59.8 Å². The molecular formula is C16H27N3O2. The molecule has 0 radical (unpaired) electrons. The van der Waals surface area contributed by atoms with Crippen molar-refractivity contribution in [2.24, 2.45) is 5.84 Å². The lowest BCUT2D eigenvalue weighted by Gasteiger charge is -2.45. The summed E-state index contributed by atoms with van der Waals surface area (Å²) in [5.41, 5.74) is 3.95. The number of nitrogens with zero attached hydrogens (tertiary/aromatic N) is 1. The number of morpholine rings is 1.